The second-order valence-electron chi connectivity index (χ2n) is 30.1. The van der Waals surface area contributed by atoms with Crippen molar-refractivity contribution in [3.05, 3.63) is 0 Å². The van der Waals surface area contributed by atoms with Crippen molar-refractivity contribution in [2.75, 3.05) is 39.6 Å². The molecule has 0 aromatic carbocycles. The molecule has 0 rings (SSSR count). The Hall–Kier alpha value is -1.94. The highest BCUT2D eigenvalue weighted by atomic mass is 31.2. The number of ether oxygens (including phenoxy) is 4. The standard InChI is InChI=1S/C81H158O17P2/c1-7-9-11-13-15-17-31-39-45-51-57-63-78(83)91-69-76(97-80(85)65-59-53-47-41-32-18-16-14-12-10-8-2)71-95-99(87,88)93-67-75(82)68-94-100(89,90)96-72-77(98-81(86)66-60-54-48-42-36-30-26-22-20-24-28-34-38-44-50-56-62-74(5)6)70-92-79(84)64-58-52-46-40-35-29-25-21-19-23-27-33-37-43-49-55-61-73(3)4/h73-77,82H,7-72H2,1-6H3,(H,87,88)(H,89,90)/t75-,76+,77+/m0/s1. The van der Waals surface area contributed by atoms with E-state index < -0.39 is 97.5 Å². The van der Waals surface area contributed by atoms with Crippen molar-refractivity contribution in [3.63, 3.8) is 0 Å². The summed E-state index contributed by atoms with van der Waals surface area (Å²) in [4.78, 5) is 73.0. The zero-order valence-corrected chi connectivity index (χ0v) is 67.3. The van der Waals surface area contributed by atoms with Crippen LogP contribution >= 0.6 is 15.6 Å². The molecule has 0 spiro atoms. The normalized spacial score (nSPS) is 13.9. The number of aliphatic hydroxyl groups is 1. The van der Waals surface area contributed by atoms with Gasteiger partial charge in [0.2, 0.25) is 0 Å². The molecule has 0 fully saturated rings. The number of carbonyl (C=O) groups excluding carboxylic acids is 4. The van der Waals surface area contributed by atoms with Crippen LogP contribution in [-0.4, -0.2) is 96.7 Å². The maximum Gasteiger partial charge on any atom is 0.472 e. The molecule has 0 heterocycles. The topological polar surface area (TPSA) is 237 Å². The Kier molecular flexibility index (Phi) is 71.2. The lowest BCUT2D eigenvalue weighted by Crippen LogP contribution is -2.30. The maximum atomic E-state index is 13.1. The average Bonchev–Trinajstić information content (AvgIpc) is 0.988. The molecule has 5 atom stereocenters. The van der Waals surface area contributed by atoms with Crippen LogP contribution in [0, 0.1) is 11.8 Å². The predicted molar refractivity (Wildman–Crippen MR) is 409 cm³/mol. The van der Waals surface area contributed by atoms with E-state index in [1.54, 1.807) is 0 Å². The van der Waals surface area contributed by atoms with Crippen LogP contribution in [0.2, 0.25) is 0 Å². The quantitative estimate of drug-likeness (QED) is 0.0222. The van der Waals surface area contributed by atoms with Crippen molar-refractivity contribution in [1.29, 1.82) is 0 Å². The smallest absolute Gasteiger partial charge is 0.462 e. The van der Waals surface area contributed by atoms with E-state index >= 15 is 0 Å². The summed E-state index contributed by atoms with van der Waals surface area (Å²) in [7, 11) is -9.92. The summed E-state index contributed by atoms with van der Waals surface area (Å²) in [6.45, 7) is 9.69. The van der Waals surface area contributed by atoms with Crippen LogP contribution in [-0.2, 0) is 65.4 Å². The molecule has 19 heteroatoms. The molecule has 0 radical (unpaired) electrons. The van der Waals surface area contributed by atoms with Crippen molar-refractivity contribution < 1.29 is 80.2 Å². The van der Waals surface area contributed by atoms with Gasteiger partial charge in [-0.15, -0.1) is 0 Å². The van der Waals surface area contributed by atoms with E-state index in [9.17, 15) is 43.2 Å². The molecule has 0 bridgehead atoms. The number of carbonyl (C=O) groups is 4. The van der Waals surface area contributed by atoms with E-state index in [0.717, 1.165) is 102 Å². The third kappa shape index (κ3) is 74.3. The predicted octanol–water partition coefficient (Wildman–Crippen LogP) is 24.3. The van der Waals surface area contributed by atoms with Gasteiger partial charge in [0, 0.05) is 25.7 Å². The SMILES string of the molecule is CCCCCCCCCCCCCC(=O)OC[C@H](COP(=O)(O)OC[C@H](O)COP(=O)(O)OC[C@@H](COC(=O)CCCCCCCCCCCCCCCCCCC(C)C)OC(=O)CCCCCCCCCCCCCCCCCCC(C)C)OC(=O)CCCCCCCCCCCCC. The molecule has 0 saturated carbocycles. The number of phosphoric ester groups is 2. The molecule has 594 valence electrons. The number of unbranched alkanes of at least 4 members (excludes halogenated alkanes) is 50. The summed E-state index contributed by atoms with van der Waals surface area (Å²) >= 11 is 0. The van der Waals surface area contributed by atoms with Gasteiger partial charge < -0.3 is 33.8 Å². The fraction of sp³-hybridized carbons (Fsp3) is 0.951. The minimum absolute atomic E-state index is 0.107. The van der Waals surface area contributed by atoms with E-state index in [4.69, 9.17) is 37.0 Å². The van der Waals surface area contributed by atoms with E-state index in [1.165, 1.54) is 244 Å². The van der Waals surface area contributed by atoms with Crippen LogP contribution in [0.25, 0.3) is 0 Å². The molecule has 0 aromatic rings. The highest BCUT2D eigenvalue weighted by Crippen LogP contribution is 2.45. The Morgan fingerprint density at radius 1 is 0.270 bits per heavy atom. The van der Waals surface area contributed by atoms with Gasteiger partial charge in [-0.2, -0.15) is 0 Å². The summed E-state index contributed by atoms with van der Waals surface area (Å²) in [6.07, 6.45) is 62.4. The zero-order chi connectivity index (χ0) is 73.5. The Labute approximate surface area is 613 Å². The Morgan fingerprint density at radius 3 is 0.680 bits per heavy atom. The largest absolute Gasteiger partial charge is 0.472 e. The Balaban J connectivity index is 5.22. The van der Waals surface area contributed by atoms with E-state index in [1.807, 2.05) is 0 Å². The van der Waals surface area contributed by atoms with Crippen molar-refractivity contribution in [2.24, 2.45) is 11.8 Å². The van der Waals surface area contributed by atoms with Crippen LogP contribution in [0.15, 0.2) is 0 Å². The molecule has 17 nitrogen and oxygen atoms in total. The Bertz CT molecular complexity index is 1920. The number of hydrogen-bond donors (Lipinski definition) is 3. The summed E-state index contributed by atoms with van der Waals surface area (Å²) in [6, 6.07) is 0. The first-order chi connectivity index (χ1) is 48.4. The molecule has 100 heavy (non-hydrogen) atoms. The fourth-order valence-electron chi connectivity index (χ4n) is 12.5. The minimum Gasteiger partial charge on any atom is -0.462 e. The molecule has 3 N–H and O–H groups in total. The summed E-state index contributed by atoms with van der Waals surface area (Å²) < 4.78 is 68.7. The third-order valence-electron chi connectivity index (χ3n) is 19.0. The number of rotatable bonds is 80. The van der Waals surface area contributed by atoms with Gasteiger partial charge >= 0.3 is 39.5 Å². The van der Waals surface area contributed by atoms with E-state index in [-0.39, 0.29) is 25.7 Å². The van der Waals surface area contributed by atoms with Crippen molar-refractivity contribution in [2.45, 2.75) is 445 Å². The van der Waals surface area contributed by atoms with Crippen molar-refractivity contribution >= 4 is 39.5 Å². The van der Waals surface area contributed by atoms with Crippen LogP contribution in [0.5, 0.6) is 0 Å². The number of aliphatic hydroxyl groups excluding tert-OH is 1. The molecular weight excluding hydrogens is 1310 g/mol. The molecule has 0 aliphatic heterocycles. The summed E-state index contributed by atoms with van der Waals surface area (Å²) in [5.41, 5.74) is 0. The van der Waals surface area contributed by atoms with Gasteiger partial charge in [-0.3, -0.25) is 37.3 Å². The lowest BCUT2D eigenvalue weighted by atomic mass is 10.0. The van der Waals surface area contributed by atoms with Gasteiger partial charge in [0.05, 0.1) is 26.4 Å². The molecule has 2 unspecified atom stereocenters. The van der Waals surface area contributed by atoms with Gasteiger partial charge in [0.25, 0.3) is 0 Å². The molecule has 0 amide bonds. The third-order valence-corrected chi connectivity index (χ3v) is 20.9. The number of phosphoric acid groups is 2. The summed E-state index contributed by atoms with van der Waals surface area (Å²) in [5, 5.41) is 10.6. The minimum atomic E-state index is -4.96. The van der Waals surface area contributed by atoms with Gasteiger partial charge in [-0.1, -0.05) is 375 Å². The monoisotopic (exact) mass is 1470 g/mol. The zero-order valence-electron chi connectivity index (χ0n) is 65.5. The first-order valence-electron chi connectivity index (χ1n) is 42.0. The Morgan fingerprint density at radius 2 is 0.460 bits per heavy atom. The second kappa shape index (κ2) is 72.6. The molecule has 0 aliphatic rings. The second-order valence-corrected chi connectivity index (χ2v) is 33.0. The first kappa shape index (κ1) is 98.1. The molecule has 0 saturated heterocycles. The number of hydrogen-bond acceptors (Lipinski definition) is 15. The average molecular weight is 1470 g/mol. The molecule has 0 aromatic heterocycles. The van der Waals surface area contributed by atoms with Gasteiger partial charge in [0.15, 0.2) is 12.2 Å². The van der Waals surface area contributed by atoms with Crippen molar-refractivity contribution in [3.8, 4) is 0 Å². The summed E-state index contributed by atoms with van der Waals surface area (Å²) in [5.74, 6) is -0.485. The molecule has 0 aliphatic carbocycles. The van der Waals surface area contributed by atoms with Crippen LogP contribution < -0.4 is 0 Å². The van der Waals surface area contributed by atoms with Gasteiger partial charge in [-0.05, 0) is 37.5 Å². The molecular formula is C81H158O17P2. The first-order valence-corrected chi connectivity index (χ1v) is 45.0. The lowest BCUT2D eigenvalue weighted by Gasteiger charge is -2.21. The van der Waals surface area contributed by atoms with Gasteiger partial charge in [0.1, 0.15) is 19.3 Å². The van der Waals surface area contributed by atoms with Crippen LogP contribution in [0.3, 0.4) is 0 Å². The fourth-order valence-corrected chi connectivity index (χ4v) is 14.1. The highest BCUT2D eigenvalue weighted by Gasteiger charge is 2.30. The van der Waals surface area contributed by atoms with E-state index in [2.05, 4.69) is 41.5 Å². The van der Waals surface area contributed by atoms with Crippen molar-refractivity contribution in [1.82, 2.24) is 0 Å². The van der Waals surface area contributed by atoms with Crippen LogP contribution in [0.1, 0.15) is 427 Å². The maximum absolute atomic E-state index is 13.1. The van der Waals surface area contributed by atoms with Crippen LogP contribution in [0.4, 0.5) is 0 Å². The highest BCUT2D eigenvalue weighted by molar-refractivity contribution is 7.47. The number of esters is 4. The van der Waals surface area contributed by atoms with E-state index in [0.29, 0.717) is 25.7 Å². The van der Waals surface area contributed by atoms with Gasteiger partial charge in [-0.25, -0.2) is 9.13 Å². The lowest BCUT2D eigenvalue weighted by molar-refractivity contribution is -0.161.